The molecule has 1 saturated heterocycles. The van der Waals surface area contributed by atoms with Gasteiger partial charge in [-0.3, -0.25) is 10.1 Å². The van der Waals surface area contributed by atoms with E-state index < -0.39 is 4.92 Å². The van der Waals surface area contributed by atoms with Crippen LogP contribution in [0.4, 0.5) is 5.69 Å². The van der Waals surface area contributed by atoms with E-state index in [0.29, 0.717) is 10.8 Å². The molecule has 1 aromatic rings. The van der Waals surface area contributed by atoms with Crippen molar-refractivity contribution in [3.05, 3.63) is 21.6 Å². The molecule has 8 heteroatoms. The molecule has 6 nitrogen and oxygen atoms in total. The highest BCUT2D eigenvalue weighted by Gasteiger charge is 2.24. The van der Waals surface area contributed by atoms with Crippen LogP contribution in [0.25, 0.3) is 0 Å². The Hall–Kier alpha value is -0.920. The molecule has 1 aliphatic rings. The number of hydrogen-bond acceptors (Lipinski definition) is 6. The molecule has 2 rings (SSSR count). The minimum Gasteiger partial charge on any atom is -0.377 e. The molecule has 0 saturated carbocycles. The largest absolute Gasteiger partial charge is 0.377 e. The van der Waals surface area contributed by atoms with E-state index in [1.165, 1.54) is 18.1 Å². The highest BCUT2D eigenvalue weighted by Crippen LogP contribution is 2.33. The summed E-state index contributed by atoms with van der Waals surface area (Å²) in [6.45, 7) is 0.762. The lowest BCUT2D eigenvalue weighted by Crippen LogP contribution is -2.08. The Kier molecular flexibility index (Phi) is 4.14. The monoisotopic (exact) mass is 275 g/mol. The zero-order chi connectivity index (χ0) is 12.3. The van der Waals surface area contributed by atoms with Crippen LogP contribution in [0.5, 0.6) is 0 Å². The predicted octanol–water partition coefficient (Wildman–Crippen LogP) is 2.31. The van der Waals surface area contributed by atoms with Gasteiger partial charge < -0.3 is 4.74 Å². The molecule has 2 heterocycles. The van der Waals surface area contributed by atoms with Gasteiger partial charge in [-0.05, 0) is 12.8 Å². The highest BCUT2D eigenvalue weighted by molar-refractivity contribution is 7.99. The molecule has 0 spiro atoms. The highest BCUT2D eigenvalue weighted by atomic mass is 35.5. The van der Waals surface area contributed by atoms with Gasteiger partial charge in [0.25, 0.3) is 0 Å². The zero-order valence-electron chi connectivity index (χ0n) is 8.84. The molecule has 1 fully saturated rings. The minimum absolute atomic E-state index is 0.125. The number of aromatic nitrogens is 2. The quantitative estimate of drug-likeness (QED) is 0.363. The first-order valence-corrected chi connectivity index (χ1v) is 6.44. The van der Waals surface area contributed by atoms with Gasteiger partial charge in [-0.2, -0.15) is 0 Å². The number of thioether (sulfide) groups is 1. The minimum atomic E-state index is -0.555. The summed E-state index contributed by atoms with van der Waals surface area (Å²) >= 11 is 6.97. The van der Waals surface area contributed by atoms with Crippen molar-refractivity contribution >= 4 is 29.1 Å². The molecular formula is C9H10ClN3O3S. The van der Waals surface area contributed by atoms with Crippen molar-refractivity contribution in [3.63, 3.8) is 0 Å². The normalized spacial score (nSPS) is 19.5. The second-order valence-electron chi connectivity index (χ2n) is 3.52. The van der Waals surface area contributed by atoms with E-state index in [9.17, 15) is 10.1 Å². The van der Waals surface area contributed by atoms with E-state index in [0.717, 1.165) is 19.4 Å². The number of hydrogen-bond donors (Lipinski definition) is 0. The lowest BCUT2D eigenvalue weighted by atomic mass is 10.3. The van der Waals surface area contributed by atoms with E-state index in [1.807, 2.05) is 0 Å². The Morgan fingerprint density at radius 3 is 3.12 bits per heavy atom. The number of halogens is 1. The van der Waals surface area contributed by atoms with Crippen LogP contribution in [-0.4, -0.2) is 33.4 Å². The molecule has 0 aliphatic carbocycles. The summed E-state index contributed by atoms with van der Waals surface area (Å²) in [5.74, 6) is 0.647. The van der Waals surface area contributed by atoms with E-state index in [2.05, 4.69) is 9.97 Å². The first kappa shape index (κ1) is 12.5. The Morgan fingerprint density at radius 1 is 1.65 bits per heavy atom. The van der Waals surface area contributed by atoms with Crippen LogP contribution < -0.4 is 0 Å². The summed E-state index contributed by atoms with van der Waals surface area (Å²) in [4.78, 5) is 17.8. The molecule has 0 amide bonds. The molecule has 17 heavy (non-hydrogen) atoms. The van der Waals surface area contributed by atoms with Gasteiger partial charge in [0.15, 0.2) is 5.03 Å². The SMILES string of the molecule is O=[N+]([O-])c1c(Cl)ncnc1SCC1CCCO1. The fourth-order valence-electron chi connectivity index (χ4n) is 1.55. The molecule has 92 valence electrons. The third kappa shape index (κ3) is 3.05. The van der Waals surface area contributed by atoms with Crippen molar-refractivity contribution in [3.8, 4) is 0 Å². The van der Waals surface area contributed by atoms with Crippen LogP contribution in [0.1, 0.15) is 12.8 Å². The molecule has 0 N–H and O–H groups in total. The average molecular weight is 276 g/mol. The number of ether oxygens (including phenoxy) is 1. The van der Waals surface area contributed by atoms with Gasteiger partial charge in [0.05, 0.1) is 11.0 Å². The van der Waals surface area contributed by atoms with Crippen LogP contribution in [0.15, 0.2) is 11.4 Å². The van der Waals surface area contributed by atoms with Gasteiger partial charge in [0.1, 0.15) is 6.33 Å². The Morgan fingerprint density at radius 2 is 2.47 bits per heavy atom. The lowest BCUT2D eigenvalue weighted by molar-refractivity contribution is -0.388. The molecule has 1 aromatic heterocycles. The van der Waals surface area contributed by atoms with Crippen LogP contribution in [0, 0.1) is 10.1 Å². The summed E-state index contributed by atoms with van der Waals surface area (Å²) in [6, 6.07) is 0. The summed E-state index contributed by atoms with van der Waals surface area (Å²) in [5, 5.41) is 11.0. The first-order valence-electron chi connectivity index (χ1n) is 5.08. The van der Waals surface area contributed by atoms with Crippen molar-refractivity contribution in [2.24, 2.45) is 0 Å². The Balaban J connectivity index is 2.09. The van der Waals surface area contributed by atoms with Gasteiger partial charge in [-0.25, -0.2) is 9.97 Å². The second-order valence-corrected chi connectivity index (χ2v) is 4.89. The molecule has 1 unspecified atom stereocenters. The van der Waals surface area contributed by atoms with Gasteiger partial charge in [0, 0.05) is 12.4 Å². The molecule has 0 radical (unpaired) electrons. The summed E-state index contributed by atoms with van der Waals surface area (Å²) < 4.78 is 5.44. The maximum Gasteiger partial charge on any atom is 0.338 e. The maximum atomic E-state index is 10.8. The van der Waals surface area contributed by atoms with Crippen molar-refractivity contribution in [2.75, 3.05) is 12.4 Å². The van der Waals surface area contributed by atoms with Crippen LogP contribution >= 0.6 is 23.4 Å². The van der Waals surface area contributed by atoms with Gasteiger partial charge >= 0.3 is 5.69 Å². The van der Waals surface area contributed by atoms with Crippen molar-refractivity contribution in [1.82, 2.24) is 9.97 Å². The molecule has 1 aliphatic heterocycles. The summed E-state index contributed by atoms with van der Waals surface area (Å²) in [5.41, 5.74) is -0.225. The number of rotatable bonds is 4. The van der Waals surface area contributed by atoms with Gasteiger partial charge in [-0.15, -0.1) is 0 Å². The van der Waals surface area contributed by atoms with E-state index in [-0.39, 0.29) is 16.9 Å². The van der Waals surface area contributed by atoms with Crippen molar-refractivity contribution in [1.29, 1.82) is 0 Å². The van der Waals surface area contributed by atoms with Crippen LogP contribution in [0.3, 0.4) is 0 Å². The van der Waals surface area contributed by atoms with Gasteiger partial charge in [0.2, 0.25) is 5.15 Å². The standard InChI is InChI=1S/C9H10ClN3O3S/c10-8-7(13(14)15)9(12-5-11-8)17-4-6-2-1-3-16-6/h5-6H,1-4H2. The van der Waals surface area contributed by atoms with Crippen molar-refractivity contribution in [2.45, 2.75) is 24.0 Å². The summed E-state index contributed by atoms with van der Waals surface area (Å²) in [6.07, 6.45) is 3.40. The fourth-order valence-corrected chi connectivity index (χ4v) is 2.84. The third-order valence-corrected chi connectivity index (χ3v) is 3.74. The topological polar surface area (TPSA) is 78.2 Å². The predicted molar refractivity (Wildman–Crippen MR) is 63.4 cm³/mol. The molecule has 0 bridgehead atoms. The molecule has 1 atom stereocenters. The Labute approximate surface area is 107 Å². The maximum absolute atomic E-state index is 10.8. The van der Waals surface area contributed by atoms with E-state index in [4.69, 9.17) is 16.3 Å². The number of nitro groups is 1. The molecular weight excluding hydrogens is 266 g/mol. The smallest absolute Gasteiger partial charge is 0.338 e. The zero-order valence-corrected chi connectivity index (χ0v) is 10.4. The fraction of sp³-hybridized carbons (Fsp3) is 0.556. The molecule has 0 aromatic carbocycles. The van der Waals surface area contributed by atoms with E-state index in [1.54, 1.807) is 0 Å². The van der Waals surface area contributed by atoms with Crippen LogP contribution in [-0.2, 0) is 4.74 Å². The lowest BCUT2D eigenvalue weighted by Gasteiger charge is -2.08. The number of nitrogens with zero attached hydrogens (tertiary/aromatic N) is 3. The second kappa shape index (κ2) is 5.61. The Bertz CT molecular complexity index is 426. The van der Waals surface area contributed by atoms with Crippen molar-refractivity contribution < 1.29 is 9.66 Å². The van der Waals surface area contributed by atoms with E-state index >= 15 is 0 Å². The summed E-state index contributed by atoms with van der Waals surface area (Å²) in [7, 11) is 0. The van der Waals surface area contributed by atoms with Crippen LogP contribution in [0.2, 0.25) is 5.15 Å². The van der Waals surface area contributed by atoms with Gasteiger partial charge in [-0.1, -0.05) is 23.4 Å². The third-order valence-electron chi connectivity index (χ3n) is 2.36. The average Bonchev–Trinajstić information content (AvgIpc) is 2.78. The first-order chi connectivity index (χ1) is 8.18.